The maximum absolute atomic E-state index is 9.71. The quantitative estimate of drug-likeness (QED) is 0.824. The van der Waals surface area contributed by atoms with Gasteiger partial charge in [-0.2, -0.15) is 0 Å². The SMILES string of the molecule is CNC1CCN(Cc2ccc(OC)c(O)c2)C1. The fourth-order valence-corrected chi connectivity index (χ4v) is 2.30. The molecule has 1 atom stereocenters. The monoisotopic (exact) mass is 236 g/mol. The molecule has 0 aliphatic carbocycles. The summed E-state index contributed by atoms with van der Waals surface area (Å²) < 4.78 is 5.03. The van der Waals surface area contributed by atoms with Gasteiger partial charge in [-0.05, 0) is 31.2 Å². The maximum Gasteiger partial charge on any atom is 0.160 e. The number of ether oxygens (including phenoxy) is 1. The van der Waals surface area contributed by atoms with Crippen molar-refractivity contribution < 1.29 is 9.84 Å². The molecule has 0 bridgehead atoms. The first-order chi connectivity index (χ1) is 8.22. The Morgan fingerprint density at radius 2 is 2.35 bits per heavy atom. The number of methoxy groups -OCH3 is 1. The van der Waals surface area contributed by atoms with Gasteiger partial charge in [-0.3, -0.25) is 4.90 Å². The second kappa shape index (κ2) is 5.38. The second-order valence-electron chi connectivity index (χ2n) is 4.52. The minimum atomic E-state index is 0.217. The summed E-state index contributed by atoms with van der Waals surface area (Å²) in [5.74, 6) is 0.748. The Morgan fingerprint density at radius 1 is 1.53 bits per heavy atom. The summed E-state index contributed by atoms with van der Waals surface area (Å²) in [7, 11) is 3.57. The Kier molecular flexibility index (Phi) is 3.86. The van der Waals surface area contributed by atoms with E-state index in [0.29, 0.717) is 11.8 Å². The lowest BCUT2D eigenvalue weighted by atomic mass is 10.2. The Balaban J connectivity index is 1.97. The highest BCUT2D eigenvalue weighted by atomic mass is 16.5. The molecule has 0 radical (unpaired) electrons. The molecule has 17 heavy (non-hydrogen) atoms. The number of nitrogens with one attached hydrogen (secondary N) is 1. The van der Waals surface area contributed by atoms with E-state index in [4.69, 9.17) is 4.74 Å². The van der Waals surface area contributed by atoms with E-state index in [2.05, 4.69) is 10.2 Å². The van der Waals surface area contributed by atoms with Gasteiger partial charge < -0.3 is 15.2 Å². The molecule has 0 spiro atoms. The molecule has 1 saturated heterocycles. The summed E-state index contributed by atoms with van der Waals surface area (Å²) >= 11 is 0. The minimum Gasteiger partial charge on any atom is -0.504 e. The molecule has 94 valence electrons. The van der Waals surface area contributed by atoms with Crippen molar-refractivity contribution in [3.63, 3.8) is 0 Å². The second-order valence-corrected chi connectivity index (χ2v) is 4.52. The van der Waals surface area contributed by atoms with Crippen molar-refractivity contribution in [1.82, 2.24) is 10.2 Å². The molecule has 1 aromatic carbocycles. The molecule has 0 saturated carbocycles. The lowest BCUT2D eigenvalue weighted by Crippen LogP contribution is -2.29. The summed E-state index contributed by atoms with van der Waals surface area (Å²) in [6.07, 6.45) is 1.19. The van der Waals surface area contributed by atoms with Crippen molar-refractivity contribution in [3.8, 4) is 11.5 Å². The molecular formula is C13H20N2O2. The molecule has 2 rings (SSSR count). The number of phenols is 1. The predicted octanol–water partition coefficient (Wildman–Crippen LogP) is 1.19. The Labute approximate surface area is 102 Å². The first-order valence-corrected chi connectivity index (χ1v) is 5.98. The molecule has 0 amide bonds. The largest absolute Gasteiger partial charge is 0.504 e. The minimum absolute atomic E-state index is 0.217. The molecule has 1 fully saturated rings. The van der Waals surface area contributed by atoms with Crippen LogP contribution in [-0.2, 0) is 6.54 Å². The molecule has 0 aromatic heterocycles. The van der Waals surface area contributed by atoms with Crippen LogP contribution in [-0.4, -0.2) is 43.3 Å². The van der Waals surface area contributed by atoms with Crippen LogP contribution in [0.25, 0.3) is 0 Å². The molecule has 1 unspecified atom stereocenters. The van der Waals surface area contributed by atoms with Crippen molar-refractivity contribution in [1.29, 1.82) is 0 Å². The van der Waals surface area contributed by atoms with Gasteiger partial charge in [0.2, 0.25) is 0 Å². The average Bonchev–Trinajstić information content (AvgIpc) is 2.77. The third-order valence-corrected chi connectivity index (χ3v) is 3.33. The van der Waals surface area contributed by atoms with Crippen molar-refractivity contribution in [2.45, 2.75) is 19.0 Å². The molecular weight excluding hydrogens is 216 g/mol. The van der Waals surface area contributed by atoms with Gasteiger partial charge in [-0.15, -0.1) is 0 Å². The zero-order valence-electron chi connectivity index (χ0n) is 10.4. The fraction of sp³-hybridized carbons (Fsp3) is 0.538. The number of likely N-dealkylation sites (N-methyl/N-ethyl adjacent to an activating group) is 1. The van der Waals surface area contributed by atoms with Crippen LogP contribution in [0.2, 0.25) is 0 Å². The van der Waals surface area contributed by atoms with Crippen LogP contribution in [0.15, 0.2) is 18.2 Å². The van der Waals surface area contributed by atoms with Gasteiger partial charge in [-0.25, -0.2) is 0 Å². The van der Waals surface area contributed by atoms with E-state index < -0.39 is 0 Å². The summed E-state index contributed by atoms with van der Waals surface area (Å²) in [4.78, 5) is 2.39. The molecule has 2 N–H and O–H groups in total. The summed E-state index contributed by atoms with van der Waals surface area (Å²) in [5, 5.41) is 13.0. The molecule has 1 heterocycles. The highest BCUT2D eigenvalue weighted by Crippen LogP contribution is 2.27. The molecule has 1 aromatic rings. The number of benzene rings is 1. The van der Waals surface area contributed by atoms with Crippen LogP contribution in [0.5, 0.6) is 11.5 Å². The van der Waals surface area contributed by atoms with E-state index >= 15 is 0 Å². The zero-order chi connectivity index (χ0) is 12.3. The van der Waals surface area contributed by atoms with Gasteiger partial charge in [0.1, 0.15) is 0 Å². The van der Waals surface area contributed by atoms with Crippen LogP contribution in [0, 0.1) is 0 Å². The molecule has 4 heteroatoms. The van der Waals surface area contributed by atoms with E-state index in [9.17, 15) is 5.11 Å². The van der Waals surface area contributed by atoms with Gasteiger partial charge in [0.05, 0.1) is 7.11 Å². The lowest BCUT2D eigenvalue weighted by molar-refractivity contribution is 0.320. The van der Waals surface area contributed by atoms with Crippen LogP contribution in [0.4, 0.5) is 0 Å². The highest BCUT2D eigenvalue weighted by Gasteiger charge is 2.20. The van der Waals surface area contributed by atoms with Gasteiger partial charge >= 0.3 is 0 Å². The van der Waals surface area contributed by atoms with Crippen molar-refractivity contribution >= 4 is 0 Å². The third-order valence-electron chi connectivity index (χ3n) is 3.33. The van der Waals surface area contributed by atoms with E-state index in [0.717, 1.165) is 25.2 Å². The fourth-order valence-electron chi connectivity index (χ4n) is 2.30. The summed E-state index contributed by atoms with van der Waals surface area (Å²) in [5.41, 5.74) is 1.13. The van der Waals surface area contributed by atoms with Gasteiger partial charge in [-0.1, -0.05) is 6.07 Å². The predicted molar refractivity (Wildman–Crippen MR) is 67.4 cm³/mol. The molecule has 4 nitrogen and oxygen atoms in total. The number of nitrogens with zero attached hydrogens (tertiary/aromatic N) is 1. The van der Waals surface area contributed by atoms with Crippen LogP contribution in [0.1, 0.15) is 12.0 Å². The summed E-state index contributed by atoms with van der Waals surface area (Å²) in [6.45, 7) is 3.07. The number of phenolic OH excluding ortho intramolecular Hbond substituents is 1. The number of likely N-dealkylation sites (tertiary alicyclic amines) is 1. The highest BCUT2D eigenvalue weighted by molar-refractivity contribution is 5.41. The normalized spacial score (nSPS) is 20.7. The summed E-state index contributed by atoms with van der Waals surface area (Å²) in [6, 6.07) is 6.20. The number of hydrogen-bond acceptors (Lipinski definition) is 4. The number of rotatable bonds is 4. The smallest absolute Gasteiger partial charge is 0.160 e. The maximum atomic E-state index is 9.71. The average molecular weight is 236 g/mol. The number of hydrogen-bond donors (Lipinski definition) is 2. The van der Waals surface area contributed by atoms with Gasteiger partial charge in [0.15, 0.2) is 11.5 Å². The molecule has 1 aliphatic heterocycles. The third kappa shape index (κ3) is 2.90. The van der Waals surface area contributed by atoms with E-state index in [1.165, 1.54) is 6.42 Å². The van der Waals surface area contributed by atoms with Crippen LogP contribution in [0.3, 0.4) is 0 Å². The topological polar surface area (TPSA) is 44.7 Å². The lowest BCUT2D eigenvalue weighted by Gasteiger charge is -2.16. The van der Waals surface area contributed by atoms with Crippen molar-refractivity contribution in [2.75, 3.05) is 27.2 Å². The van der Waals surface area contributed by atoms with E-state index in [1.807, 2.05) is 19.2 Å². The van der Waals surface area contributed by atoms with Crippen molar-refractivity contribution in [3.05, 3.63) is 23.8 Å². The van der Waals surface area contributed by atoms with Gasteiger partial charge in [0.25, 0.3) is 0 Å². The first kappa shape index (κ1) is 12.2. The van der Waals surface area contributed by atoms with E-state index in [-0.39, 0.29) is 5.75 Å². The Bertz CT molecular complexity index is 382. The molecule has 1 aliphatic rings. The van der Waals surface area contributed by atoms with Crippen molar-refractivity contribution in [2.24, 2.45) is 0 Å². The van der Waals surface area contributed by atoms with E-state index in [1.54, 1.807) is 13.2 Å². The Hall–Kier alpha value is -1.26. The standard InChI is InChI=1S/C13H20N2O2/c1-14-11-5-6-15(9-11)8-10-3-4-13(17-2)12(16)7-10/h3-4,7,11,14,16H,5-6,8-9H2,1-2H3. The van der Waals surface area contributed by atoms with Crippen LogP contribution >= 0.6 is 0 Å². The van der Waals surface area contributed by atoms with Gasteiger partial charge in [0, 0.05) is 25.7 Å². The number of aromatic hydroxyl groups is 1. The zero-order valence-corrected chi connectivity index (χ0v) is 10.4. The van der Waals surface area contributed by atoms with Crippen LogP contribution < -0.4 is 10.1 Å². The Morgan fingerprint density at radius 3 is 2.94 bits per heavy atom. The first-order valence-electron chi connectivity index (χ1n) is 5.98.